The molecule has 3 rings (SSSR count). The summed E-state index contributed by atoms with van der Waals surface area (Å²) in [5.41, 5.74) is 3.41. The second-order valence-corrected chi connectivity index (χ2v) is 5.53. The zero-order valence-corrected chi connectivity index (χ0v) is 13.1. The van der Waals surface area contributed by atoms with Gasteiger partial charge in [0.25, 0.3) is 17.9 Å². The van der Waals surface area contributed by atoms with Crippen LogP contribution in [-0.2, 0) is 16.0 Å². The van der Waals surface area contributed by atoms with Crippen LogP contribution in [0.2, 0.25) is 0 Å². The van der Waals surface area contributed by atoms with Crippen molar-refractivity contribution in [3.05, 3.63) is 53.6 Å². The molecule has 118 valence electrons. The number of carbonyl (C=O) groups excluding carboxylic acids is 2. The van der Waals surface area contributed by atoms with Crippen LogP contribution < -0.4 is 15.4 Å². The van der Waals surface area contributed by atoms with E-state index in [1.165, 1.54) is 5.56 Å². The van der Waals surface area contributed by atoms with E-state index in [9.17, 15) is 9.59 Å². The Balaban J connectivity index is 1.74. The first-order valence-electron chi connectivity index (χ1n) is 7.55. The Labute approximate surface area is 134 Å². The Morgan fingerprint density at radius 1 is 1.22 bits per heavy atom. The van der Waals surface area contributed by atoms with Crippen LogP contribution in [0.3, 0.4) is 0 Å². The van der Waals surface area contributed by atoms with Gasteiger partial charge < -0.3 is 15.4 Å². The maximum atomic E-state index is 12.3. The Kier molecular flexibility index (Phi) is 4.02. The van der Waals surface area contributed by atoms with Gasteiger partial charge in [0.15, 0.2) is 0 Å². The monoisotopic (exact) mass is 310 g/mol. The minimum atomic E-state index is -1.20. The van der Waals surface area contributed by atoms with Gasteiger partial charge in [-0.15, -0.1) is 0 Å². The number of amides is 2. The summed E-state index contributed by atoms with van der Waals surface area (Å²) in [6, 6.07) is 12.9. The van der Waals surface area contributed by atoms with Crippen LogP contribution in [0.1, 0.15) is 18.1 Å². The van der Waals surface area contributed by atoms with Gasteiger partial charge in [-0.05, 0) is 48.7 Å². The summed E-state index contributed by atoms with van der Waals surface area (Å²) in [5.74, 6) is -0.458. The smallest absolute Gasteiger partial charge is 0.275 e. The Morgan fingerprint density at radius 3 is 2.65 bits per heavy atom. The average molecular weight is 310 g/mol. The molecule has 0 saturated carbocycles. The molecule has 5 nitrogen and oxygen atoms in total. The fraction of sp³-hybridized carbons (Fsp3) is 0.222. The molecule has 0 spiro atoms. The van der Waals surface area contributed by atoms with Crippen molar-refractivity contribution in [2.75, 3.05) is 10.6 Å². The van der Waals surface area contributed by atoms with Gasteiger partial charge in [0.1, 0.15) is 5.75 Å². The number of anilines is 2. The molecule has 5 heteroatoms. The minimum Gasteiger partial charge on any atom is -0.468 e. The lowest BCUT2D eigenvalue weighted by Gasteiger charge is -2.25. The third-order valence-corrected chi connectivity index (χ3v) is 3.74. The first kappa shape index (κ1) is 15.1. The number of ether oxygens (including phenoxy) is 1. The van der Waals surface area contributed by atoms with Crippen LogP contribution in [0.4, 0.5) is 11.4 Å². The minimum absolute atomic E-state index is 0.467. The van der Waals surface area contributed by atoms with Crippen molar-refractivity contribution in [2.45, 2.75) is 26.4 Å². The summed E-state index contributed by atoms with van der Waals surface area (Å²) in [4.78, 5) is 24.4. The van der Waals surface area contributed by atoms with Gasteiger partial charge in [-0.1, -0.05) is 25.1 Å². The molecule has 0 radical (unpaired) electrons. The maximum absolute atomic E-state index is 12.3. The summed E-state index contributed by atoms with van der Waals surface area (Å²) in [6.45, 7) is 3.98. The van der Waals surface area contributed by atoms with E-state index in [1.54, 1.807) is 6.07 Å². The third-order valence-electron chi connectivity index (χ3n) is 3.74. The molecule has 1 unspecified atom stereocenters. The Bertz CT molecular complexity index is 753. The fourth-order valence-electron chi connectivity index (χ4n) is 2.43. The van der Waals surface area contributed by atoms with E-state index in [-0.39, 0.29) is 0 Å². The molecule has 1 aliphatic rings. The quantitative estimate of drug-likeness (QED) is 0.857. The lowest BCUT2D eigenvalue weighted by Crippen LogP contribution is -2.45. The number of fused-ring (bicyclic) bond motifs is 1. The average Bonchev–Trinajstić information content (AvgIpc) is 2.54. The van der Waals surface area contributed by atoms with Gasteiger partial charge in [-0.2, -0.15) is 0 Å². The number of hydrogen-bond acceptors (Lipinski definition) is 3. The fourth-order valence-corrected chi connectivity index (χ4v) is 2.43. The number of hydrogen-bond donors (Lipinski definition) is 2. The third kappa shape index (κ3) is 3.18. The van der Waals surface area contributed by atoms with Crippen molar-refractivity contribution in [3.8, 4) is 5.75 Å². The first-order chi connectivity index (χ1) is 11.1. The number of benzene rings is 2. The van der Waals surface area contributed by atoms with Gasteiger partial charge >= 0.3 is 0 Å². The highest BCUT2D eigenvalue weighted by atomic mass is 16.5. The molecule has 1 atom stereocenters. The van der Waals surface area contributed by atoms with E-state index in [2.05, 4.69) is 17.6 Å². The van der Waals surface area contributed by atoms with E-state index < -0.39 is 17.9 Å². The molecule has 0 saturated heterocycles. The zero-order valence-electron chi connectivity index (χ0n) is 13.1. The van der Waals surface area contributed by atoms with Crippen LogP contribution in [0.15, 0.2) is 42.5 Å². The predicted molar refractivity (Wildman–Crippen MR) is 88.7 cm³/mol. The molecule has 1 aliphatic heterocycles. The van der Waals surface area contributed by atoms with E-state index in [0.29, 0.717) is 17.1 Å². The van der Waals surface area contributed by atoms with Gasteiger partial charge in [-0.3, -0.25) is 9.59 Å². The van der Waals surface area contributed by atoms with Gasteiger partial charge in [0, 0.05) is 5.69 Å². The van der Waals surface area contributed by atoms with E-state index in [4.69, 9.17) is 4.74 Å². The molecule has 1 heterocycles. The van der Waals surface area contributed by atoms with E-state index >= 15 is 0 Å². The molecule has 2 N–H and O–H groups in total. The van der Waals surface area contributed by atoms with Crippen molar-refractivity contribution in [2.24, 2.45) is 0 Å². The van der Waals surface area contributed by atoms with Gasteiger partial charge in [0.2, 0.25) is 0 Å². The van der Waals surface area contributed by atoms with Gasteiger partial charge in [-0.25, -0.2) is 0 Å². The Morgan fingerprint density at radius 2 is 1.96 bits per heavy atom. The maximum Gasteiger partial charge on any atom is 0.275 e. The molecular weight excluding hydrogens is 292 g/mol. The normalized spacial score (nSPS) is 16.1. The predicted octanol–water partition coefficient (Wildman–Crippen LogP) is 2.90. The summed E-state index contributed by atoms with van der Waals surface area (Å²) in [5, 5.41) is 5.42. The summed E-state index contributed by atoms with van der Waals surface area (Å²) >= 11 is 0. The highest BCUT2D eigenvalue weighted by molar-refractivity contribution is 6.15. The van der Waals surface area contributed by atoms with Crippen molar-refractivity contribution < 1.29 is 14.3 Å². The van der Waals surface area contributed by atoms with Crippen LogP contribution in [0.5, 0.6) is 5.75 Å². The van der Waals surface area contributed by atoms with E-state index in [1.807, 2.05) is 43.3 Å². The Hall–Kier alpha value is -2.82. The van der Waals surface area contributed by atoms with Crippen LogP contribution >= 0.6 is 0 Å². The molecule has 0 aromatic heterocycles. The number of nitrogens with one attached hydrogen (secondary N) is 2. The van der Waals surface area contributed by atoms with Crippen LogP contribution in [-0.4, -0.2) is 17.9 Å². The molecule has 23 heavy (non-hydrogen) atoms. The molecule has 0 aliphatic carbocycles. The standard InChI is InChI=1S/C18H18N2O3/c1-3-12-5-7-13(8-6-12)19-17(21)16-18(22)20-14-10-11(2)4-9-15(14)23-16/h4-10,16H,3H2,1-2H3,(H,19,21)(H,20,22). The lowest BCUT2D eigenvalue weighted by atomic mass is 10.1. The van der Waals surface area contributed by atoms with Crippen molar-refractivity contribution in [1.29, 1.82) is 0 Å². The van der Waals surface area contributed by atoms with Crippen LogP contribution in [0, 0.1) is 6.92 Å². The van der Waals surface area contributed by atoms with Crippen molar-refractivity contribution >= 4 is 23.2 Å². The molecule has 2 aromatic carbocycles. The summed E-state index contributed by atoms with van der Waals surface area (Å²) in [6.07, 6.45) is -0.269. The summed E-state index contributed by atoms with van der Waals surface area (Å²) in [7, 11) is 0. The SMILES string of the molecule is CCc1ccc(NC(=O)C2Oc3ccc(C)cc3NC2=O)cc1. The van der Waals surface area contributed by atoms with E-state index in [0.717, 1.165) is 12.0 Å². The molecule has 0 fully saturated rings. The largest absolute Gasteiger partial charge is 0.468 e. The van der Waals surface area contributed by atoms with Crippen LogP contribution in [0.25, 0.3) is 0 Å². The lowest BCUT2D eigenvalue weighted by molar-refractivity contribution is -0.133. The number of aryl methyl sites for hydroxylation is 2. The highest BCUT2D eigenvalue weighted by Crippen LogP contribution is 2.30. The molecule has 0 bridgehead atoms. The highest BCUT2D eigenvalue weighted by Gasteiger charge is 2.34. The molecule has 2 amide bonds. The second-order valence-electron chi connectivity index (χ2n) is 5.53. The van der Waals surface area contributed by atoms with Gasteiger partial charge in [0.05, 0.1) is 5.69 Å². The second kappa shape index (κ2) is 6.12. The summed E-state index contributed by atoms with van der Waals surface area (Å²) < 4.78 is 5.55. The molecule has 2 aromatic rings. The van der Waals surface area contributed by atoms with Crippen molar-refractivity contribution in [1.82, 2.24) is 0 Å². The molecular formula is C18H18N2O3. The number of carbonyl (C=O) groups is 2. The topological polar surface area (TPSA) is 67.4 Å². The zero-order chi connectivity index (χ0) is 16.4. The first-order valence-corrected chi connectivity index (χ1v) is 7.55. The number of rotatable bonds is 3. The van der Waals surface area contributed by atoms with Crippen molar-refractivity contribution in [3.63, 3.8) is 0 Å².